The molecule has 5 heteroatoms. The van der Waals surface area contributed by atoms with E-state index in [9.17, 15) is 0 Å². The molecule has 2 aliphatic heterocycles. The van der Waals surface area contributed by atoms with E-state index >= 15 is 0 Å². The Labute approximate surface area is 74.8 Å². The van der Waals surface area contributed by atoms with Crippen molar-refractivity contribution in [2.75, 3.05) is 0 Å². The second kappa shape index (κ2) is 2.23. The second-order valence-corrected chi connectivity index (χ2v) is 3.51. The molecule has 0 N–H and O–H groups in total. The molecule has 0 bridgehead atoms. The number of halogens is 1. The van der Waals surface area contributed by atoms with E-state index in [4.69, 9.17) is 11.6 Å². The summed E-state index contributed by atoms with van der Waals surface area (Å²) in [6.07, 6.45) is 1.45. The summed E-state index contributed by atoms with van der Waals surface area (Å²) in [6, 6.07) is 0. The topological polar surface area (TPSA) is 49.4 Å². The minimum Gasteiger partial charge on any atom is -0.242 e. The van der Waals surface area contributed by atoms with Gasteiger partial charge in [0.15, 0.2) is 10.8 Å². The van der Waals surface area contributed by atoms with Gasteiger partial charge in [-0.2, -0.15) is 0 Å². The van der Waals surface area contributed by atoms with Crippen molar-refractivity contribution in [3.63, 3.8) is 0 Å². The Morgan fingerprint density at radius 1 is 1.50 bits per heavy atom. The standard InChI is InChI=1S/C7H7ClN4/c1-4-11-6-5(9-3-10-6)7(2,8)12-4/h3H,1-2H3. The quantitative estimate of drug-likeness (QED) is 0.400. The van der Waals surface area contributed by atoms with Crippen LogP contribution in [0.4, 0.5) is 0 Å². The first-order valence-corrected chi connectivity index (χ1v) is 3.92. The van der Waals surface area contributed by atoms with E-state index in [1.807, 2.05) is 0 Å². The van der Waals surface area contributed by atoms with Crippen molar-refractivity contribution >= 4 is 35.3 Å². The van der Waals surface area contributed by atoms with Gasteiger partial charge in [0.2, 0.25) is 0 Å². The molecule has 0 saturated heterocycles. The lowest BCUT2D eigenvalue weighted by Gasteiger charge is -2.20. The highest BCUT2D eigenvalue weighted by molar-refractivity contribution is 6.59. The van der Waals surface area contributed by atoms with Crippen LogP contribution in [-0.2, 0) is 0 Å². The first-order valence-electron chi connectivity index (χ1n) is 3.55. The molecule has 0 radical (unpaired) electrons. The van der Waals surface area contributed by atoms with Crippen LogP contribution in [-0.4, -0.2) is 28.7 Å². The molecule has 0 aromatic heterocycles. The van der Waals surface area contributed by atoms with Gasteiger partial charge in [-0.3, -0.25) is 0 Å². The summed E-state index contributed by atoms with van der Waals surface area (Å²) in [5, 5.41) is 0. The smallest absolute Gasteiger partial charge is 0.181 e. The Kier molecular flexibility index (Phi) is 1.41. The van der Waals surface area contributed by atoms with Gasteiger partial charge in [-0.1, -0.05) is 11.6 Å². The third-order valence-electron chi connectivity index (χ3n) is 1.65. The molecule has 0 aromatic rings. The molecule has 0 aliphatic carbocycles. The lowest BCUT2D eigenvalue weighted by atomic mass is 10.1. The van der Waals surface area contributed by atoms with Crippen molar-refractivity contribution in [3.05, 3.63) is 0 Å². The molecular weight excluding hydrogens is 176 g/mol. The van der Waals surface area contributed by atoms with Crippen LogP contribution in [0.15, 0.2) is 20.0 Å². The summed E-state index contributed by atoms with van der Waals surface area (Å²) in [5.74, 6) is 1.22. The monoisotopic (exact) mass is 182 g/mol. The van der Waals surface area contributed by atoms with Gasteiger partial charge in [0.05, 0.1) is 0 Å². The van der Waals surface area contributed by atoms with E-state index in [-0.39, 0.29) is 0 Å². The molecule has 1 atom stereocenters. The van der Waals surface area contributed by atoms with E-state index in [0.29, 0.717) is 17.4 Å². The van der Waals surface area contributed by atoms with Crippen LogP contribution in [0, 0.1) is 0 Å². The molecule has 2 aliphatic rings. The Hall–Kier alpha value is -1.03. The minimum atomic E-state index is -0.794. The summed E-state index contributed by atoms with van der Waals surface area (Å²) >= 11 is 6.09. The average Bonchev–Trinajstić information content (AvgIpc) is 2.32. The zero-order valence-electron chi connectivity index (χ0n) is 6.74. The maximum absolute atomic E-state index is 6.09. The molecule has 2 heterocycles. The zero-order chi connectivity index (χ0) is 8.77. The fourth-order valence-corrected chi connectivity index (χ4v) is 1.45. The summed E-state index contributed by atoms with van der Waals surface area (Å²) in [4.78, 5) is 15.4. The van der Waals surface area contributed by atoms with E-state index < -0.39 is 5.00 Å². The van der Waals surface area contributed by atoms with Crippen LogP contribution in [0.1, 0.15) is 13.8 Å². The van der Waals surface area contributed by atoms with Crippen LogP contribution in [0.2, 0.25) is 0 Å². The number of nitrogens with zero attached hydrogens (tertiary/aromatic N) is 4. The number of fused-ring (bicyclic) bond motifs is 1. The first-order chi connectivity index (χ1) is 5.59. The van der Waals surface area contributed by atoms with Gasteiger partial charge in [0, 0.05) is 0 Å². The third-order valence-corrected chi connectivity index (χ3v) is 1.91. The van der Waals surface area contributed by atoms with Crippen molar-refractivity contribution in [3.8, 4) is 0 Å². The Bertz CT molecular complexity index is 348. The number of rotatable bonds is 0. The highest BCUT2D eigenvalue weighted by Crippen LogP contribution is 2.25. The molecule has 0 saturated carbocycles. The minimum absolute atomic E-state index is 0.583. The largest absolute Gasteiger partial charge is 0.242 e. The molecule has 62 valence electrons. The van der Waals surface area contributed by atoms with Crippen molar-refractivity contribution < 1.29 is 0 Å². The molecule has 0 amide bonds. The predicted molar refractivity (Wildman–Crippen MR) is 50.7 cm³/mol. The zero-order valence-corrected chi connectivity index (χ0v) is 7.50. The fourth-order valence-electron chi connectivity index (χ4n) is 1.20. The first kappa shape index (κ1) is 7.61. The number of aliphatic imine (C=N–C) groups is 4. The Morgan fingerprint density at radius 3 is 3.00 bits per heavy atom. The van der Waals surface area contributed by atoms with Gasteiger partial charge in [-0.05, 0) is 13.8 Å². The van der Waals surface area contributed by atoms with Gasteiger partial charge in [0.25, 0.3) is 0 Å². The molecule has 4 nitrogen and oxygen atoms in total. The van der Waals surface area contributed by atoms with Crippen LogP contribution < -0.4 is 0 Å². The lowest BCUT2D eigenvalue weighted by molar-refractivity contribution is 0.881. The average molecular weight is 183 g/mol. The van der Waals surface area contributed by atoms with E-state index in [1.165, 1.54) is 6.34 Å². The summed E-state index contributed by atoms with van der Waals surface area (Å²) in [7, 11) is 0. The van der Waals surface area contributed by atoms with Crippen molar-refractivity contribution in [2.24, 2.45) is 20.0 Å². The van der Waals surface area contributed by atoms with Crippen molar-refractivity contribution in [1.29, 1.82) is 0 Å². The molecule has 12 heavy (non-hydrogen) atoms. The molecule has 1 unspecified atom stereocenters. The number of alkyl halides is 1. The maximum Gasteiger partial charge on any atom is 0.181 e. The van der Waals surface area contributed by atoms with E-state index in [0.717, 1.165) is 0 Å². The number of hydrogen-bond donors (Lipinski definition) is 0. The SMILES string of the molecule is CC1=NC(C)(Cl)C2=NC=NC2=N1. The summed E-state index contributed by atoms with van der Waals surface area (Å²) in [5.41, 5.74) is 0.634. The van der Waals surface area contributed by atoms with E-state index in [1.54, 1.807) is 13.8 Å². The lowest BCUT2D eigenvalue weighted by Crippen LogP contribution is -2.35. The van der Waals surface area contributed by atoms with Crippen molar-refractivity contribution in [1.82, 2.24) is 0 Å². The fraction of sp³-hybridized carbons (Fsp3) is 0.429. The molecule has 0 fully saturated rings. The Morgan fingerprint density at radius 2 is 2.25 bits per heavy atom. The van der Waals surface area contributed by atoms with Crippen molar-refractivity contribution in [2.45, 2.75) is 18.8 Å². The molecular formula is C7H7ClN4. The van der Waals surface area contributed by atoms with Gasteiger partial charge < -0.3 is 0 Å². The van der Waals surface area contributed by atoms with Gasteiger partial charge in [-0.25, -0.2) is 20.0 Å². The van der Waals surface area contributed by atoms with Gasteiger partial charge in [-0.15, -0.1) is 0 Å². The van der Waals surface area contributed by atoms with Crippen LogP contribution in [0.5, 0.6) is 0 Å². The summed E-state index contributed by atoms with van der Waals surface area (Å²) in [6.45, 7) is 3.57. The number of amidine groups is 2. The van der Waals surface area contributed by atoms with Crippen LogP contribution >= 0.6 is 11.6 Å². The normalized spacial score (nSPS) is 32.4. The molecule has 0 spiro atoms. The second-order valence-electron chi connectivity index (χ2n) is 2.77. The van der Waals surface area contributed by atoms with Gasteiger partial charge >= 0.3 is 0 Å². The van der Waals surface area contributed by atoms with Gasteiger partial charge in [0.1, 0.15) is 17.9 Å². The highest BCUT2D eigenvalue weighted by atomic mass is 35.5. The third kappa shape index (κ3) is 0.992. The number of hydrogen-bond acceptors (Lipinski definition) is 4. The molecule has 0 aromatic carbocycles. The van der Waals surface area contributed by atoms with Crippen LogP contribution in [0.3, 0.4) is 0 Å². The van der Waals surface area contributed by atoms with Crippen LogP contribution in [0.25, 0.3) is 0 Å². The maximum atomic E-state index is 6.09. The van der Waals surface area contributed by atoms with E-state index in [2.05, 4.69) is 20.0 Å². The predicted octanol–water partition coefficient (Wildman–Crippen LogP) is 1.25. The Balaban J connectivity index is 2.54. The highest BCUT2D eigenvalue weighted by Gasteiger charge is 2.35. The molecule has 2 rings (SSSR count). The summed E-state index contributed by atoms with van der Waals surface area (Å²) < 4.78 is 0.